The highest BCUT2D eigenvalue weighted by Crippen LogP contribution is 2.19. The van der Waals surface area contributed by atoms with Gasteiger partial charge in [0, 0.05) is 6.61 Å². The molecule has 3 atom stereocenters. The molecule has 0 amide bonds. The minimum atomic E-state index is 0.392. The zero-order chi connectivity index (χ0) is 24.5. The Morgan fingerprint density at radius 2 is 0.912 bits per heavy atom. The van der Waals surface area contributed by atoms with Crippen LogP contribution in [0.15, 0.2) is 0 Å². The predicted molar refractivity (Wildman–Crippen MR) is 145 cm³/mol. The molecule has 204 valence electrons. The number of aliphatic hydroxyl groups excluding tert-OH is 1. The molecule has 0 spiro atoms. The minimum absolute atomic E-state index is 0.392. The van der Waals surface area contributed by atoms with E-state index in [4.69, 9.17) is 14.2 Å². The van der Waals surface area contributed by atoms with E-state index in [-0.39, 0.29) is 0 Å². The first-order valence-electron chi connectivity index (χ1n) is 15.2. The molecule has 0 bridgehead atoms. The van der Waals surface area contributed by atoms with Gasteiger partial charge < -0.3 is 19.3 Å². The van der Waals surface area contributed by atoms with Gasteiger partial charge in [-0.25, -0.2) is 0 Å². The Morgan fingerprint density at radius 3 is 1.21 bits per heavy atom. The molecule has 3 unspecified atom stereocenters. The molecule has 34 heavy (non-hydrogen) atoms. The van der Waals surface area contributed by atoms with E-state index in [1.165, 1.54) is 128 Å². The molecular weight excluding hydrogens is 424 g/mol. The summed E-state index contributed by atoms with van der Waals surface area (Å²) in [6, 6.07) is 0. The summed E-state index contributed by atoms with van der Waals surface area (Å²) in [5, 5.41) is 9.57. The van der Waals surface area contributed by atoms with E-state index in [9.17, 15) is 5.11 Å². The van der Waals surface area contributed by atoms with Crippen molar-refractivity contribution < 1.29 is 19.3 Å². The van der Waals surface area contributed by atoms with Gasteiger partial charge in [0.15, 0.2) is 0 Å². The van der Waals surface area contributed by atoms with Crippen molar-refractivity contribution in [3.8, 4) is 0 Å². The van der Waals surface area contributed by atoms with Crippen LogP contribution < -0.4 is 0 Å². The third-order valence-electron chi connectivity index (χ3n) is 7.10. The lowest BCUT2D eigenvalue weighted by atomic mass is 9.94. The van der Waals surface area contributed by atoms with E-state index in [0.717, 1.165) is 26.4 Å². The molecule has 2 saturated heterocycles. The fraction of sp³-hybridized carbons (Fsp3) is 1.00. The number of epoxide rings is 2. The lowest BCUT2D eigenvalue weighted by Crippen LogP contribution is -2.06. The van der Waals surface area contributed by atoms with E-state index in [1.807, 2.05) is 0 Å². The van der Waals surface area contributed by atoms with Crippen molar-refractivity contribution in [3.63, 3.8) is 0 Å². The van der Waals surface area contributed by atoms with Gasteiger partial charge in [0.05, 0.1) is 26.4 Å². The van der Waals surface area contributed by atoms with Crippen LogP contribution in [-0.4, -0.2) is 50.3 Å². The molecule has 2 aliphatic heterocycles. The van der Waals surface area contributed by atoms with Crippen molar-refractivity contribution in [2.75, 3.05) is 33.0 Å². The molecule has 4 nitrogen and oxygen atoms in total. The van der Waals surface area contributed by atoms with Gasteiger partial charge in [-0.05, 0) is 18.8 Å². The first kappa shape index (κ1) is 31.9. The maximum Gasteiger partial charge on any atom is 0.104 e. The normalized spacial score (nSPS) is 19.5. The van der Waals surface area contributed by atoms with Crippen LogP contribution in [0.4, 0.5) is 0 Å². The summed E-state index contributed by atoms with van der Waals surface area (Å²) in [6.45, 7) is 8.24. The maximum absolute atomic E-state index is 9.57. The molecule has 0 aromatic carbocycles. The molecule has 0 aliphatic carbocycles. The van der Waals surface area contributed by atoms with Gasteiger partial charge >= 0.3 is 0 Å². The first-order chi connectivity index (χ1) is 16.8. The van der Waals surface area contributed by atoms with Gasteiger partial charge in [-0.2, -0.15) is 0 Å². The van der Waals surface area contributed by atoms with Gasteiger partial charge in [-0.1, -0.05) is 129 Å². The number of unbranched alkanes of at least 4 members (excludes halogenated alkanes) is 16. The topological polar surface area (TPSA) is 54.5 Å². The molecule has 0 aromatic rings. The smallest absolute Gasteiger partial charge is 0.104 e. The largest absolute Gasteiger partial charge is 0.396 e. The van der Waals surface area contributed by atoms with Gasteiger partial charge in [0.2, 0.25) is 0 Å². The molecule has 2 aliphatic rings. The first-order valence-corrected chi connectivity index (χ1v) is 15.2. The summed E-state index contributed by atoms with van der Waals surface area (Å²) >= 11 is 0. The fourth-order valence-electron chi connectivity index (χ4n) is 4.47. The van der Waals surface area contributed by atoms with E-state index >= 15 is 0 Å². The van der Waals surface area contributed by atoms with E-state index < -0.39 is 0 Å². The lowest BCUT2D eigenvalue weighted by molar-refractivity contribution is 0.102. The summed E-state index contributed by atoms with van der Waals surface area (Å²) in [5.41, 5.74) is 0. The van der Waals surface area contributed by atoms with Gasteiger partial charge in [-0.15, -0.1) is 0 Å². The summed E-state index contributed by atoms with van der Waals surface area (Å²) in [5.74, 6) is 0.578. The van der Waals surface area contributed by atoms with Crippen molar-refractivity contribution in [2.45, 2.75) is 154 Å². The van der Waals surface area contributed by atoms with Crippen LogP contribution in [0.3, 0.4) is 0 Å². The van der Waals surface area contributed by atoms with Crippen LogP contribution in [0, 0.1) is 5.92 Å². The number of hydrogen-bond acceptors (Lipinski definition) is 4. The van der Waals surface area contributed by atoms with Crippen molar-refractivity contribution in [1.29, 1.82) is 0 Å². The maximum atomic E-state index is 9.57. The molecule has 4 heteroatoms. The Kier molecular flexibility index (Phi) is 23.0. The van der Waals surface area contributed by atoms with Gasteiger partial charge in [0.25, 0.3) is 0 Å². The van der Waals surface area contributed by atoms with Crippen molar-refractivity contribution >= 4 is 0 Å². The van der Waals surface area contributed by atoms with Crippen LogP contribution in [0.1, 0.15) is 142 Å². The Labute approximate surface area is 212 Å². The quantitative estimate of drug-likeness (QED) is 0.105. The van der Waals surface area contributed by atoms with Crippen LogP contribution in [0.2, 0.25) is 0 Å². The Bertz CT molecular complexity index is 383. The van der Waals surface area contributed by atoms with E-state index in [0.29, 0.717) is 24.7 Å². The summed E-state index contributed by atoms with van der Waals surface area (Å²) in [4.78, 5) is 0. The molecule has 0 aromatic heterocycles. The molecule has 1 N–H and O–H groups in total. The second kappa shape index (κ2) is 24.5. The van der Waals surface area contributed by atoms with Crippen LogP contribution >= 0.6 is 0 Å². The summed E-state index contributed by atoms with van der Waals surface area (Å²) in [7, 11) is 0. The van der Waals surface area contributed by atoms with Crippen molar-refractivity contribution in [3.05, 3.63) is 0 Å². The lowest BCUT2D eigenvalue weighted by Gasteiger charge is -2.13. The minimum Gasteiger partial charge on any atom is -0.396 e. The van der Waals surface area contributed by atoms with Gasteiger partial charge in [-0.3, -0.25) is 0 Å². The fourth-order valence-corrected chi connectivity index (χ4v) is 4.47. The van der Waals surface area contributed by atoms with Gasteiger partial charge in [0.1, 0.15) is 12.2 Å². The molecule has 0 radical (unpaired) electrons. The zero-order valence-electron chi connectivity index (χ0n) is 23.1. The molecule has 0 saturated carbocycles. The number of rotatable bonds is 25. The summed E-state index contributed by atoms with van der Waals surface area (Å²) in [6.07, 6.45) is 28.5. The molecule has 2 rings (SSSR count). The molecular formula is C30H60O4. The highest BCUT2D eigenvalue weighted by Gasteiger charge is 2.26. The van der Waals surface area contributed by atoms with Crippen molar-refractivity contribution in [2.24, 2.45) is 5.92 Å². The Balaban J connectivity index is 0.000000521. The second-order valence-electron chi connectivity index (χ2n) is 10.7. The van der Waals surface area contributed by atoms with Crippen LogP contribution in [0.5, 0.6) is 0 Å². The van der Waals surface area contributed by atoms with Crippen LogP contribution in [0.25, 0.3) is 0 Å². The number of hydrogen-bond donors (Lipinski definition) is 1. The standard InChI is InChI=1S/C24H50O.C6H10O3/c1-3-5-7-9-11-13-14-16-18-20-22-24(23-25)21-19-17-15-12-10-8-6-4-2;1(5-3-8-5)7-2-6-4-9-6/h24-25H,3-23H2,1-2H3;5-6H,1-4H2. The van der Waals surface area contributed by atoms with Crippen molar-refractivity contribution in [1.82, 2.24) is 0 Å². The highest BCUT2D eigenvalue weighted by molar-refractivity contribution is 4.71. The zero-order valence-corrected chi connectivity index (χ0v) is 23.1. The Hall–Kier alpha value is -0.160. The average Bonchev–Trinajstić information content (AvgIpc) is 3.77. The van der Waals surface area contributed by atoms with E-state index in [1.54, 1.807) is 0 Å². The Morgan fingerprint density at radius 1 is 0.588 bits per heavy atom. The molecule has 2 heterocycles. The number of ether oxygens (including phenoxy) is 3. The molecule has 2 fully saturated rings. The third kappa shape index (κ3) is 23.6. The number of aliphatic hydroxyl groups is 1. The highest BCUT2D eigenvalue weighted by atomic mass is 16.6. The predicted octanol–water partition coefficient (Wildman–Crippen LogP) is 8.24. The average molecular weight is 485 g/mol. The second-order valence-corrected chi connectivity index (χ2v) is 10.7. The third-order valence-corrected chi connectivity index (χ3v) is 7.10. The van der Waals surface area contributed by atoms with E-state index in [2.05, 4.69) is 13.8 Å². The SMILES string of the molecule is C(OCC1CO1)C1CO1.CCCCCCCCCCCCC(CO)CCCCCCCCCC. The van der Waals surface area contributed by atoms with Crippen LogP contribution in [-0.2, 0) is 14.2 Å². The summed E-state index contributed by atoms with van der Waals surface area (Å²) < 4.78 is 15.1. The monoisotopic (exact) mass is 484 g/mol.